The SMILES string of the molecule is CN(C)CCOc1cc(C(=O)N2CCC(OC(N)=O)C2)ccc1[N+](=O)[O-]. The number of hydrogen-bond donors (Lipinski definition) is 1. The molecular weight excluding hydrogens is 344 g/mol. The number of nitrogens with zero attached hydrogens (tertiary/aromatic N) is 3. The summed E-state index contributed by atoms with van der Waals surface area (Å²) in [5, 5.41) is 11.2. The molecule has 1 aliphatic rings. The Morgan fingerprint density at radius 2 is 2.15 bits per heavy atom. The molecule has 1 aliphatic heterocycles. The first-order valence-corrected chi connectivity index (χ1v) is 8.09. The Balaban J connectivity index is 2.12. The molecular formula is C16H22N4O6. The largest absolute Gasteiger partial charge is 0.485 e. The lowest BCUT2D eigenvalue weighted by Gasteiger charge is -2.17. The van der Waals surface area contributed by atoms with Crippen molar-refractivity contribution in [2.24, 2.45) is 5.73 Å². The molecule has 1 saturated heterocycles. The van der Waals surface area contributed by atoms with Gasteiger partial charge in [-0.2, -0.15) is 0 Å². The van der Waals surface area contributed by atoms with Gasteiger partial charge in [-0.25, -0.2) is 4.79 Å². The van der Waals surface area contributed by atoms with Gasteiger partial charge >= 0.3 is 11.8 Å². The molecule has 2 amide bonds. The van der Waals surface area contributed by atoms with E-state index >= 15 is 0 Å². The zero-order valence-corrected chi connectivity index (χ0v) is 14.7. The molecule has 1 atom stereocenters. The highest BCUT2D eigenvalue weighted by Crippen LogP contribution is 2.29. The molecule has 10 nitrogen and oxygen atoms in total. The number of ether oxygens (including phenoxy) is 2. The van der Waals surface area contributed by atoms with E-state index in [1.165, 1.54) is 23.1 Å². The molecule has 142 valence electrons. The molecule has 0 radical (unpaired) electrons. The van der Waals surface area contributed by atoms with Crippen molar-refractivity contribution in [1.82, 2.24) is 9.80 Å². The van der Waals surface area contributed by atoms with Crippen molar-refractivity contribution in [3.63, 3.8) is 0 Å². The van der Waals surface area contributed by atoms with Crippen LogP contribution in [0.5, 0.6) is 5.75 Å². The van der Waals surface area contributed by atoms with Crippen molar-refractivity contribution in [1.29, 1.82) is 0 Å². The predicted octanol–water partition coefficient (Wildman–Crippen LogP) is 0.845. The van der Waals surface area contributed by atoms with Crippen LogP contribution in [0.3, 0.4) is 0 Å². The van der Waals surface area contributed by atoms with Crippen LogP contribution in [0.15, 0.2) is 18.2 Å². The third-order valence-corrected chi connectivity index (χ3v) is 3.91. The van der Waals surface area contributed by atoms with E-state index in [0.717, 1.165) is 0 Å². The quantitative estimate of drug-likeness (QED) is 0.559. The van der Waals surface area contributed by atoms with Gasteiger partial charge in [0.05, 0.1) is 11.5 Å². The van der Waals surface area contributed by atoms with Crippen LogP contribution in [0.1, 0.15) is 16.8 Å². The monoisotopic (exact) mass is 366 g/mol. The summed E-state index contributed by atoms with van der Waals surface area (Å²) in [6, 6.07) is 4.02. The van der Waals surface area contributed by atoms with Gasteiger partial charge in [0.2, 0.25) is 0 Å². The summed E-state index contributed by atoms with van der Waals surface area (Å²) in [7, 11) is 3.71. The van der Waals surface area contributed by atoms with Gasteiger partial charge in [-0.15, -0.1) is 0 Å². The van der Waals surface area contributed by atoms with Gasteiger partial charge in [-0.3, -0.25) is 14.9 Å². The fourth-order valence-corrected chi connectivity index (χ4v) is 2.61. The molecule has 2 rings (SSSR count). The number of hydrogen-bond acceptors (Lipinski definition) is 7. The Kier molecular flexibility index (Phi) is 6.34. The molecule has 0 aromatic heterocycles. The number of nitro benzene ring substituents is 1. The second-order valence-corrected chi connectivity index (χ2v) is 6.19. The van der Waals surface area contributed by atoms with Crippen molar-refractivity contribution < 1.29 is 24.0 Å². The highest BCUT2D eigenvalue weighted by atomic mass is 16.6. The number of amides is 2. The van der Waals surface area contributed by atoms with Crippen molar-refractivity contribution in [3.05, 3.63) is 33.9 Å². The number of carbonyl (C=O) groups is 2. The minimum absolute atomic E-state index is 0.0480. The fourth-order valence-electron chi connectivity index (χ4n) is 2.61. The Labute approximate surface area is 150 Å². The standard InChI is InChI=1S/C16H22N4O6/c1-18(2)7-8-25-14-9-11(3-4-13(14)20(23)24)15(21)19-6-5-12(10-19)26-16(17)22/h3-4,9,12H,5-8,10H2,1-2H3,(H2,17,22). The minimum atomic E-state index is -0.879. The molecule has 10 heteroatoms. The van der Waals surface area contributed by atoms with Crippen LogP contribution in [0, 0.1) is 10.1 Å². The topological polar surface area (TPSA) is 128 Å². The first-order valence-electron chi connectivity index (χ1n) is 8.09. The second-order valence-electron chi connectivity index (χ2n) is 6.19. The van der Waals surface area contributed by atoms with Gasteiger partial charge in [0.25, 0.3) is 5.91 Å². The number of likely N-dealkylation sites (N-methyl/N-ethyl adjacent to an activating group) is 1. The summed E-state index contributed by atoms with van der Waals surface area (Å²) in [5.74, 6) is -0.264. The van der Waals surface area contributed by atoms with Gasteiger partial charge < -0.3 is 25.0 Å². The van der Waals surface area contributed by atoms with E-state index in [0.29, 0.717) is 19.5 Å². The van der Waals surface area contributed by atoms with Gasteiger partial charge in [0.1, 0.15) is 12.7 Å². The first-order chi connectivity index (χ1) is 12.3. The van der Waals surface area contributed by atoms with Crippen LogP contribution < -0.4 is 10.5 Å². The molecule has 1 unspecified atom stereocenters. The zero-order chi connectivity index (χ0) is 19.3. The fraction of sp³-hybridized carbons (Fsp3) is 0.500. The summed E-state index contributed by atoms with van der Waals surface area (Å²) in [5.41, 5.74) is 5.06. The third-order valence-electron chi connectivity index (χ3n) is 3.91. The molecule has 0 saturated carbocycles. The smallest absolute Gasteiger partial charge is 0.404 e. The molecule has 2 N–H and O–H groups in total. The number of nitrogens with two attached hydrogens (primary N) is 1. The Bertz CT molecular complexity index is 693. The van der Waals surface area contributed by atoms with E-state index in [2.05, 4.69) is 0 Å². The normalized spacial score (nSPS) is 16.6. The zero-order valence-electron chi connectivity index (χ0n) is 14.7. The minimum Gasteiger partial charge on any atom is -0.485 e. The van der Waals surface area contributed by atoms with Crippen LogP contribution in [-0.2, 0) is 4.74 Å². The summed E-state index contributed by atoms with van der Waals surface area (Å²) in [6.45, 7) is 1.47. The van der Waals surface area contributed by atoms with E-state index in [-0.39, 0.29) is 36.1 Å². The number of likely N-dealkylation sites (tertiary alicyclic amines) is 1. The van der Waals surface area contributed by atoms with Crippen LogP contribution in [-0.4, -0.2) is 73.2 Å². The first kappa shape index (κ1) is 19.4. The van der Waals surface area contributed by atoms with Crippen molar-refractivity contribution in [3.8, 4) is 5.75 Å². The van der Waals surface area contributed by atoms with Gasteiger partial charge in [0.15, 0.2) is 5.75 Å². The van der Waals surface area contributed by atoms with Crippen LogP contribution in [0.2, 0.25) is 0 Å². The average molecular weight is 366 g/mol. The molecule has 1 aromatic rings. The van der Waals surface area contributed by atoms with Crippen molar-refractivity contribution in [2.75, 3.05) is 40.3 Å². The van der Waals surface area contributed by atoms with Gasteiger partial charge in [-0.1, -0.05) is 0 Å². The maximum atomic E-state index is 12.6. The molecule has 1 aromatic carbocycles. The molecule has 1 fully saturated rings. The summed E-state index contributed by atoms with van der Waals surface area (Å²) in [6.07, 6.45) is -0.824. The highest BCUT2D eigenvalue weighted by Gasteiger charge is 2.30. The van der Waals surface area contributed by atoms with Gasteiger partial charge in [-0.05, 0) is 20.2 Å². The van der Waals surface area contributed by atoms with Crippen LogP contribution in [0.4, 0.5) is 10.5 Å². The molecule has 0 spiro atoms. The average Bonchev–Trinajstić information content (AvgIpc) is 3.01. The Morgan fingerprint density at radius 3 is 2.77 bits per heavy atom. The molecule has 26 heavy (non-hydrogen) atoms. The van der Waals surface area contributed by atoms with E-state index in [9.17, 15) is 19.7 Å². The van der Waals surface area contributed by atoms with Crippen molar-refractivity contribution >= 4 is 17.7 Å². The number of rotatable bonds is 7. The molecule has 1 heterocycles. The van der Waals surface area contributed by atoms with Crippen molar-refractivity contribution in [2.45, 2.75) is 12.5 Å². The van der Waals surface area contributed by atoms with Crippen LogP contribution >= 0.6 is 0 Å². The number of nitro groups is 1. The van der Waals surface area contributed by atoms with E-state index in [1.54, 1.807) is 0 Å². The second kappa shape index (κ2) is 8.48. The van der Waals surface area contributed by atoms with Gasteiger partial charge in [0, 0.05) is 37.2 Å². The molecule has 0 bridgehead atoms. The maximum absolute atomic E-state index is 12.6. The third kappa shape index (κ3) is 5.06. The Hall–Kier alpha value is -2.88. The van der Waals surface area contributed by atoms with Crippen LogP contribution in [0.25, 0.3) is 0 Å². The van der Waals surface area contributed by atoms with E-state index < -0.39 is 17.1 Å². The number of primary amides is 1. The summed E-state index contributed by atoms with van der Waals surface area (Å²) < 4.78 is 10.4. The molecule has 0 aliphatic carbocycles. The maximum Gasteiger partial charge on any atom is 0.404 e. The summed E-state index contributed by atoms with van der Waals surface area (Å²) in [4.78, 5) is 37.4. The van der Waals surface area contributed by atoms with E-state index in [1.807, 2.05) is 19.0 Å². The number of carbonyl (C=O) groups excluding carboxylic acids is 2. The highest BCUT2D eigenvalue weighted by molar-refractivity contribution is 5.95. The summed E-state index contributed by atoms with van der Waals surface area (Å²) >= 11 is 0. The predicted molar refractivity (Wildman–Crippen MR) is 92.1 cm³/mol. The Morgan fingerprint density at radius 1 is 1.42 bits per heavy atom. The lowest BCUT2D eigenvalue weighted by Crippen LogP contribution is -2.31. The lowest BCUT2D eigenvalue weighted by molar-refractivity contribution is -0.385. The van der Waals surface area contributed by atoms with E-state index in [4.69, 9.17) is 15.2 Å². The number of benzene rings is 1. The lowest BCUT2D eigenvalue weighted by atomic mass is 10.1.